The van der Waals surface area contributed by atoms with Gasteiger partial charge in [0, 0.05) is 48.5 Å². The zero-order valence-corrected chi connectivity index (χ0v) is 44.2. The summed E-state index contributed by atoms with van der Waals surface area (Å²) in [4.78, 5) is 108. The van der Waals surface area contributed by atoms with Gasteiger partial charge in [-0.25, -0.2) is 32.8 Å². The molecule has 0 aliphatic carbocycles. The van der Waals surface area contributed by atoms with Gasteiger partial charge in [0.25, 0.3) is 11.1 Å². The molecule has 5 aromatic heterocycles. The number of nitrogens with zero attached hydrogens (tertiary/aromatic N) is 8. The van der Waals surface area contributed by atoms with Crippen LogP contribution in [0.4, 0.5) is 26.2 Å². The summed E-state index contributed by atoms with van der Waals surface area (Å²) in [6, 6.07) is 3.64. The fraction of sp³-hybridized carbons (Fsp3) is 0.600. The molecule has 5 aromatic rings. The predicted molar refractivity (Wildman–Crippen MR) is 278 cm³/mol. The maximum absolute atomic E-state index is 19.5. The molecular formula is C50H63F2N13O17. The normalized spacial score (nSPS) is 31.1. The quantitative estimate of drug-likeness (QED) is 0.0420. The Labute approximate surface area is 460 Å². The number of aromatic amines is 2. The number of alkyl halides is 2. The zero-order chi connectivity index (χ0) is 58.6. The van der Waals surface area contributed by atoms with Gasteiger partial charge < -0.3 is 66.0 Å². The Morgan fingerprint density at radius 3 is 1.70 bits per heavy atom. The summed E-state index contributed by atoms with van der Waals surface area (Å²) in [5.41, 5.74) is 8.44. The van der Waals surface area contributed by atoms with E-state index in [-0.39, 0.29) is 79.9 Å². The van der Waals surface area contributed by atoms with Gasteiger partial charge >= 0.3 is 28.4 Å². The highest BCUT2D eigenvalue weighted by Crippen LogP contribution is 2.54. The molecule has 5 fully saturated rings. The van der Waals surface area contributed by atoms with Gasteiger partial charge in [-0.2, -0.15) is 15.0 Å². The molecule has 0 spiro atoms. The Balaban J connectivity index is 1.10. The molecule has 0 saturated carbocycles. The van der Waals surface area contributed by atoms with Crippen LogP contribution in [0, 0.1) is 5.92 Å². The molecule has 0 bridgehead atoms. The second-order valence-electron chi connectivity index (χ2n) is 21.0. The van der Waals surface area contributed by atoms with Crippen LogP contribution in [0.15, 0.2) is 82.7 Å². The number of hydrogen-bond acceptors (Lipinski definition) is 23. The Bertz CT molecular complexity index is 3600. The van der Waals surface area contributed by atoms with Gasteiger partial charge in [0.2, 0.25) is 0 Å². The number of nitrogens with one attached hydrogen (secondary N) is 2. The van der Waals surface area contributed by atoms with Crippen LogP contribution in [0.1, 0.15) is 107 Å². The van der Waals surface area contributed by atoms with E-state index in [1.165, 1.54) is 30.7 Å². The minimum Gasteiger partial charge on any atom is -0.390 e. The van der Waals surface area contributed by atoms with Gasteiger partial charge in [-0.15, -0.1) is 0 Å². The largest absolute Gasteiger partial charge is 0.390 e. The number of aliphatic hydroxyl groups excluding tert-OH is 4. The van der Waals surface area contributed by atoms with Gasteiger partial charge in [0.1, 0.15) is 79.1 Å². The SMILES string of the molecule is CCCc1cn([C@H]2CC[C@@H](C(O)[C@]3(C(OC(O)[C@@H]4C[C@@H](F)[C@H](n5ccc(N)nc5=O)O4)C(O)[C@@H]4CC[C@H](n5ccc(N)nc5=O)O4)O[C@@H](n4ccc(N)nc4=O)[C@H](C(O)[C@@H]4CC[C@H](n5cc(CC)c(=O)[nH]c5=O)O4)[C@@H]3F)O2)c(=O)[nH]c1=O. The predicted octanol–water partition coefficient (Wildman–Crippen LogP) is -2.21. The maximum atomic E-state index is 19.5. The van der Waals surface area contributed by atoms with E-state index in [0.29, 0.717) is 6.42 Å². The first-order chi connectivity index (χ1) is 39.1. The van der Waals surface area contributed by atoms with Crippen LogP contribution in [-0.4, -0.2) is 141 Å². The van der Waals surface area contributed by atoms with Crippen LogP contribution in [0.2, 0.25) is 0 Å². The fourth-order valence-electron chi connectivity index (χ4n) is 11.9. The van der Waals surface area contributed by atoms with Crippen molar-refractivity contribution in [3.63, 3.8) is 0 Å². The van der Waals surface area contributed by atoms with Gasteiger partial charge in [0.05, 0.1) is 30.3 Å². The summed E-state index contributed by atoms with van der Waals surface area (Å²) < 4.78 is 78.2. The van der Waals surface area contributed by atoms with Crippen LogP contribution in [0.25, 0.3) is 0 Å². The monoisotopic (exact) mass is 1160 g/mol. The van der Waals surface area contributed by atoms with E-state index in [2.05, 4.69) is 24.9 Å². The van der Waals surface area contributed by atoms with Crippen molar-refractivity contribution in [1.29, 1.82) is 0 Å². The lowest BCUT2D eigenvalue weighted by molar-refractivity contribution is -0.307. The van der Waals surface area contributed by atoms with Crippen molar-refractivity contribution in [1.82, 2.24) is 47.8 Å². The molecule has 32 heteroatoms. The Hall–Kier alpha value is -7.14. The smallest absolute Gasteiger partial charge is 0.351 e. The van der Waals surface area contributed by atoms with Crippen molar-refractivity contribution >= 4 is 17.5 Å². The summed E-state index contributed by atoms with van der Waals surface area (Å²) in [6.07, 6.45) is -25.0. The number of H-pyrrole nitrogens is 2. The van der Waals surface area contributed by atoms with E-state index in [1.54, 1.807) is 6.92 Å². The van der Waals surface area contributed by atoms with E-state index in [4.69, 9.17) is 45.6 Å². The number of nitrogens with two attached hydrogens (primary N) is 3. The molecular weight excluding hydrogens is 1090 g/mol. The van der Waals surface area contributed by atoms with E-state index in [1.807, 2.05) is 6.92 Å². The molecule has 82 heavy (non-hydrogen) atoms. The number of aliphatic hydroxyl groups is 4. The number of hydrogen-bond donors (Lipinski definition) is 9. The average molecular weight is 1160 g/mol. The summed E-state index contributed by atoms with van der Waals surface area (Å²) in [6.45, 7) is 3.49. The third-order valence-corrected chi connectivity index (χ3v) is 15.9. The summed E-state index contributed by atoms with van der Waals surface area (Å²) >= 11 is 0. The summed E-state index contributed by atoms with van der Waals surface area (Å²) in [5.74, 6) is -2.72. The minimum absolute atomic E-state index is 0.00447. The number of nitrogen functional groups attached to an aromatic ring is 3. The fourth-order valence-corrected chi connectivity index (χ4v) is 11.9. The molecule has 444 valence electrons. The maximum Gasteiger partial charge on any atom is 0.351 e. The molecule has 5 unspecified atom stereocenters. The minimum atomic E-state index is -3.23. The van der Waals surface area contributed by atoms with Crippen molar-refractivity contribution in [3.05, 3.63) is 133 Å². The van der Waals surface area contributed by atoms with E-state index in [9.17, 15) is 54.0 Å². The first-order valence-electron chi connectivity index (χ1n) is 26.8. The van der Waals surface area contributed by atoms with Crippen molar-refractivity contribution in [2.24, 2.45) is 5.92 Å². The van der Waals surface area contributed by atoms with Crippen molar-refractivity contribution in [2.75, 3.05) is 17.2 Å². The molecule has 18 atom stereocenters. The number of anilines is 3. The van der Waals surface area contributed by atoms with Gasteiger partial charge in [0.15, 0.2) is 18.1 Å². The number of aryl methyl sites for hydroxylation is 2. The molecule has 10 rings (SSSR count). The number of rotatable bonds is 18. The van der Waals surface area contributed by atoms with Crippen LogP contribution < -0.4 is 56.8 Å². The van der Waals surface area contributed by atoms with E-state index in [0.717, 1.165) is 41.3 Å². The first kappa shape index (κ1) is 58.1. The molecule has 10 heterocycles. The Morgan fingerprint density at radius 2 is 1.13 bits per heavy atom. The van der Waals surface area contributed by atoms with E-state index >= 15 is 8.78 Å². The van der Waals surface area contributed by atoms with Gasteiger partial charge in [-0.05, 0) is 69.6 Å². The molecule has 30 nitrogen and oxygen atoms in total. The highest BCUT2D eigenvalue weighted by molar-refractivity contribution is 5.26. The van der Waals surface area contributed by atoms with Crippen molar-refractivity contribution in [3.8, 4) is 0 Å². The van der Waals surface area contributed by atoms with Crippen LogP contribution in [0.3, 0.4) is 0 Å². The number of halogens is 2. The van der Waals surface area contributed by atoms with Crippen LogP contribution in [-0.2, 0) is 41.3 Å². The van der Waals surface area contributed by atoms with Gasteiger partial charge in [-0.3, -0.25) is 42.4 Å². The molecule has 0 aromatic carbocycles. The van der Waals surface area contributed by atoms with E-state index < -0.39 is 156 Å². The first-order valence-corrected chi connectivity index (χ1v) is 26.8. The molecule has 12 N–H and O–H groups in total. The lowest BCUT2D eigenvalue weighted by atomic mass is 9.74. The number of ether oxygens (including phenoxy) is 6. The molecule has 0 radical (unpaired) electrons. The Morgan fingerprint density at radius 1 is 0.646 bits per heavy atom. The summed E-state index contributed by atoms with van der Waals surface area (Å²) in [5, 5.41) is 51.2. The topological polar surface area (TPSA) is 429 Å². The average Bonchev–Trinajstić information content (AvgIpc) is 2.05. The number of aromatic nitrogens is 10. The third kappa shape index (κ3) is 10.8. The van der Waals surface area contributed by atoms with Crippen molar-refractivity contribution in [2.45, 2.75) is 182 Å². The zero-order valence-electron chi connectivity index (χ0n) is 44.2. The standard InChI is InChI=1S/C50H63F2N13O17/c1-3-5-22-20-65(49(76)60-41(22)70)33-11-8-26(79-33)38(68)50(37(52)34(43(82-50)63-17-14-30(55)58-47(63)74)35(66)24-6-10-32(77-24)64-19-21(4-2)40(69)59-48(64)75)39(36(67)25-7-9-31(78-25)61-15-12-28(53)56-45(61)72)81-44(71)27-18-23(51)42(80-27)62-16-13-29(54)57-46(62)73/h12-17,19-20,23-27,31-39,42-44,66-68,71H,3-11,18H2,1-2H3,(H2,53,56,72)(H2,54,57,73)(H2,55,58,74)(H,59,69,75)(H,60,70,76)/t23-,24+,25+,26+,27+,31-,32-,33-,34-,35?,36?,37+,38?,39?,42-,43-,44?,50-/m1/s1. The van der Waals surface area contributed by atoms with Crippen LogP contribution in [0.5, 0.6) is 0 Å². The summed E-state index contributed by atoms with van der Waals surface area (Å²) in [7, 11) is 0. The molecule has 0 amide bonds. The lowest BCUT2D eigenvalue weighted by Gasteiger charge is -2.47. The highest BCUT2D eigenvalue weighted by Gasteiger charge is 2.71. The lowest BCUT2D eigenvalue weighted by Crippen LogP contribution is -2.68. The second kappa shape index (κ2) is 23.3. The third-order valence-electron chi connectivity index (χ3n) is 15.9. The Kier molecular flexibility index (Phi) is 16.5. The second-order valence-corrected chi connectivity index (χ2v) is 21.0. The molecule has 5 aliphatic heterocycles. The molecule has 5 saturated heterocycles. The van der Waals surface area contributed by atoms with Crippen molar-refractivity contribution < 1.29 is 57.6 Å². The van der Waals surface area contributed by atoms with Gasteiger partial charge in [-0.1, -0.05) is 20.3 Å². The van der Waals surface area contributed by atoms with Crippen LogP contribution >= 0.6 is 0 Å². The highest BCUT2D eigenvalue weighted by atomic mass is 19.1. The molecule has 5 aliphatic rings.